The van der Waals surface area contributed by atoms with Crippen molar-refractivity contribution in [1.29, 1.82) is 0 Å². The van der Waals surface area contributed by atoms with Crippen LogP contribution in [0.5, 0.6) is 0 Å². The molecule has 0 unspecified atom stereocenters. The minimum Gasteiger partial charge on any atom is -0.480 e. The quantitative estimate of drug-likeness (QED) is 0.761. The van der Waals surface area contributed by atoms with E-state index in [0.29, 0.717) is 6.61 Å². The topological polar surface area (TPSA) is 92.7 Å². The summed E-state index contributed by atoms with van der Waals surface area (Å²) < 4.78 is 30.1. The molecule has 6 nitrogen and oxygen atoms in total. The third-order valence-corrected chi connectivity index (χ3v) is 3.38. The number of aliphatic carboxylic acids is 1. The molecule has 0 saturated heterocycles. The number of benzene rings is 1. The summed E-state index contributed by atoms with van der Waals surface area (Å²) in [5.74, 6) is -1.23. The maximum Gasteiger partial charge on any atom is 0.318 e. The minimum absolute atomic E-state index is 0.0265. The molecule has 7 heteroatoms. The predicted molar refractivity (Wildman–Crippen MR) is 60.0 cm³/mol. The fraction of sp³-hybridized carbons (Fsp3) is 0.300. The monoisotopic (exact) mass is 259 g/mol. The highest BCUT2D eigenvalue weighted by Gasteiger charge is 2.14. The summed E-state index contributed by atoms with van der Waals surface area (Å²) in [7, 11) is -2.22. The molecule has 0 aliphatic rings. The lowest BCUT2D eigenvalue weighted by Crippen LogP contribution is -2.29. The molecule has 1 rings (SSSR count). The Kier molecular flexibility index (Phi) is 4.62. The van der Waals surface area contributed by atoms with E-state index in [1.807, 2.05) is 4.72 Å². The van der Waals surface area contributed by atoms with Gasteiger partial charge in [0.25, 0.3) is 0 Å². The molecule has 0 aromatic heterocycles. The van der Waals surface area contributed by atoms with Gasteiger partial charge in [0.05, 0.1) is 11.5 Å². The molecule has 0 amide bonds. The maximum atomic E-state index is 11.6. The average molecular weight is 259 g/mol. The average Bonchev–Trinajstić information content (AvgIpc) is 2.28. The van der Waals surface area contributed by atoms with Crippen LogP contribution in [0.1, 0.15) is 5.56 Å². The number of hydrogen-bond acceptors (Lipinski definition) is 4. The van der Waals surface area contributed by atoms with Crippen LogP contribution in [0.3, 0.4) is 0 Å². The molecule has 17 heavy (non-hydrogen) atoms. The summed E-state index contributed by atoms with van der Waals surface area (Å²) in [5.41, 5.74) is 0.838. The summed E-state index contributed by atoms with van der Waals surface area (Å²) in [5, 5.41) is 8.39. The molecule has 0 fully saturated rings. The number of carboxylic acid groups (broad SMARTS) is 1. The van der Waals surface area contributed by atoms with E-state index in [4.69, 9.17) is 9.84 Å². The van der Waals surface area contributed by atoms with Crippen LogP contribution < -0.4 is 4.72 Å². The number of nitrogens with one attached hydrogen (secondary N) is 1. The van der Waals surface area contributed by atoms with E-state index in [1.165, 1.54) is 12.1 Å². The number of rotatable bonds is 6. The van der Waals surface area contributed by atoms with Gasteiger partial charge in [0.1, 0.15) is 6.54 Å². The van der Waals surface area contributed by atoms with Crippen molar-refractivity contribution in [1.82, 2.24) is 4.72 Å². The van der Waals surface area contributed by atoms with E-state index >= 15 is 0 Å². The van der Waals surface area contributed by atoms with Gasteiger partial charge in [0, 0.05) is 7.11 Å². The molecule has 0 saturated carbocycles. The predicted octanol–water partition coefficient (Wildman–Crippen LogP) is 0.196. The smallest absolute Gasteiger partial charge is 0.318 e. The third kappa shape index (κ3) is 4.14. The van der Waals surface area contributed by atoms with Gasteiger partial charge in [-0.15, -0.1) is 0 Å². The molecule has 0 aliphatic carbocycles. The van der Waals surface area contributed by atoms with Crippen molar-refractivity contribution in [2.24, 2.45) is 0 Å². The van der Waals surface area contributed by atoms with Gasteiger partial charge in [-0.3, -0.25) is 4.79 Å². The minimum atomic E-state index is -3.76. The molecule has 1 aromatic rings. The van der Waals surface area contributed by atoms with Gasteiger partial charge in [0.15, 0.2) is 0 Å². The summed E-state index contributed by atoms with van der Waals surface area (Å²) >= 11 is 0. The van der Waals surface area contributed by atoms with Crippen molar-refractivity contribution in [2.75, 3.05) is 13.7 Å². The van der Waals surface area contributed by atoms with Crippen molar-refractivity contribution in [3.8, 4) is 0 Å². The number of methoxy groups -OCH3 is 1. The molecule has 0 atom stereocenters. The number of carbonyl (C=O) groups is 1. The van der Waals surface area contributed by atoms with Crippen molar-refractivity contribution in [2.45, 2.75) is 11.5 Å². The first-order valence-electron chi connectivity index (χ1n) is 4.75. The molecule has 0 bridgehead atoms. The molecule has 1 aromatic carbocycles. The van der Waals surface area contributed by atoms with Crippen LogP contribution in [0.4, 0.5) is 0 Å². The van der Waals surface area contributed by atoms with Crippen molar-refractivity contribution in [3.63, 3.8) is 0 Å². The van der Waals surface area contributed by atoms with Gasteiger partial charge in [0.2, 0.25) is 10.0 Å². The van der Waals surface area contributed by atoms with Crippen molar-refractivity contribution in [3.05, 3.63) is 29.8 Å². The molecule has 0 spiro atoms. The van der Waals surface area contributed by atoms with Gasteiger partial charge < -0.3 is 9.84 Å². The zero-order valence-corrected chi connectivity index (χ0v) is 10.0. The highest BCUT2D eigenvalue weighted by Crippen LogP contribution is 2.10. The Morgan fingerprint density at radius 2 is 1.94 bits per heavy atom. The number of sulfonamides is 1. The normalized spacial score (nSPS) is 11.4. The van der Waals surface area contributed by atoms with Crippen LogP contribution in [0, 0.1) is 0 Å². The molecular weight excluding hydrogens is 246 g/mol. The molecule has 0 aliphatic heterocycles. The van der Waals surface area contributed by atoms with E-state index < -0.39 is 22.5 Å². The lowest BCUT2D eigenvalue weighted by atomic mass is 10.2. The summed E-state index contributed by atoms with van der Waals surface area (Å²) in [4.78, 5) is 10.3. The lowest BCUT2D eigenvalue weighted by Gasteiger charge is -2.05. The Morgan fingerprint density at radius 3 is 2.41 bits per heavy atom. The van der Waals surface area contributed by atoms with E-state index in [-0.39, 0.29) is 4.90 Å². The van der Waals surface area contributed by atoms with Crippen LogP contribution in [0.15, 0.2) is 29.2 Å². The van der Waals surface area contributed by atoms with E-state index in [1.54, 1.807) is 19.2 Å². The van der Waals surface area contributed by atoms with Gasteiger partial charge in [-0.1, -0.05) is 12.1 Å². The molecule has 0 heterocycles. The van der Waals surface area contributed by atoms with Gasteiger partial charge >= 0.3 is 5.97 Å². The highest BCUT2D eigenvalue weighted by molar-refractivity contribution is 7.89. The van der Waals surface area contributed by atoms with Crippen LogP contribution in [0.2, 0.25) is 0 Å². The van der Waals surface area contributed by atoms with Crippen LogP contribution in [0.25, 0.3) is 0 Å². The number of hydrogen-bond donors (Lipinski definition) is 2. The highest BCUT2D eigenvalue weighted by atomic mass is 32.2. The van der Waals surface area contributed by atoms with Crippen LogP contribution in [-0.2, 0) is 26.2 Å². The second-order valence-electron chi connectivity index (χ2n) is 3.30. The zero-order valence-electron chi connectivity index (χ0n) is 9.21. The Balaban J connectivity index is 2.81. The zero-order chi connectivity index (χ0) is 12.9. The fourth-order valence-electron chi connectivity index (χ4n) is 1.17. The summed E-state index contributed by atoms with van der Waals surface area (Å²) in [6, 6.07) is 6.02. The summed E-state index contributed by atoms with van der Waals surface area (Å²) in [6.07, 6.45) is 0. The van der Waals surface area contributed by atoms with Crippen molar-refractivity contribution < 1.29 is 23.1 Å². The third-order valence-electron chi connectivity index (χ3n) is 1.96. The van der Waals surface area contributed by atoms with Gasteiger partial charge in [-0.25, -0.2) is 8.42 Å². The van der Waals surface area contributed by atoms with Gasteiger partial charge in [-0.2, -0.15) is 4.72 Å². The molecule has 2 N–H and O–H groups in total. The Morgan fingerprint density at radius 1 is 1.35 bits per heavy atom. The SMILES string of the molecule is COCc1ccc(S(=O)(=O)NCC(=O)O)cc1. The Bertz CT molecular complexity index is 480. The number of ether oxygens (including phenoxy) is 1. The van der Waals surface area contributed by atoms with E-state index in [0.717, 1.165) is 5.56 Å². The fourth-order valence-corrected chi connectivity index (χ4v) is 2.15. The Labute approximate surface area is 99.3 Å². The van der Waals surface area contributed by atoms with E-state index in [2.05, 4.69) is 0 Å². The first-order chi connectivity index (χ1) is 7.95. The Hall–Kier alpha value is -1.44. The van der Waals surface area contributed by atoms with E-state index in [9.17, 15) is 13.2 Å². The lowest BCUT2D eigenvalue weighted by molar-refractivity contribution is -0.135. The molecule has 94 valence electrons. The summed E-state index contributed by atoms with van der Waals surface area (Å²) in [6.45, 7) is -0.245. The first kappa shape index (κ1) is 13.6. The largest absolute Gasteiger partial charge is 0.480 e. The maximum absolute atomic E-state index is 11.6. The van der Waals surface area contributed by atoms with Gasteiger partial charge in [-0.05, 0) is 17.7 Å². The second kappa shape index (κ2) is 5.76. The van der Waals surface area contributed by atoms with Crippen molar-refractivity contribution >= 4 is 16.0 Å². The second-order valence-corrected chi connectivity index (χ2v) is 5.06. The molecule has 0 radical (unpaired) electrons. The van der Waals surface area contributed by atoms with Crippen LogP contribution in [-0.4, -0.2) is 33.1 Å². The van der Waals surface area contributed by atoms with Crippen LogP contribution >= 0.6 is 0 Å². The standard InChI is InChI=1S/C10H13NO5S/c1-16-7-8-2-4-9(5-3-8)17(14,15)11-6-10(12)13/h2-5,11H,6-7H2,1H3,(H,12,13). The number of carboxylic acids is 1. The molecular formula is C10H13NO5S. The first-order valence-corrected chi connectivity index (χ1v) is 6.23.